The van der Waals surface area contributed by atoms with Crippen LogP contribution in [0.4, 0.5) is 4.39 Å². The van der Waals surface area contributed by atoms with Gasteiger partial charge in [0.15, 0.2) is 5.84 Å². The van der Waals surface area contributed by atoms with Gasteiger partial charge >= 0.3 is 0 Å². The van der Waals surface area contributed by atoms with Gasteiger partial charge in [0.05, 0.1) is 0 Å². The van der Waals surface area contributed by atoms with E-state index in [-0.39, 0.29) is 24.1 Å². The van der Waals surface area contributed by atoms with Crippen LogP contribution in [0.1, 0.15) is 32.3 Å². The first-order chi connectivity index (χ1) is 9.51. The number of rotatable bonds is 6. The molecule has 1 amide bonds. The van der Waals surface area contributed by atoms with Gasteiger partial charge in [-0.05, 0) is 18.9 Å². The molecule has 0 bridgehead atoms. The van der Waals surface area contributed by atoms with E-state index < -0.39 is 5.41 Å². The molecule has 0 aliphatic heterocycles. The van der Waals surface area contributed by atoms with Crippen molar-refractivity contribution in [3.8, 4) is 0 Å². The molecule has 0 fully saturated rings. The second-order valence-electron chi connectivity index (χ2n) is 4.55. The van der Waals surface area contributed by atoms with Crippen LogP contribution in [0, 0.1) is 11.2 Å². The molecule has 0 atom stereocenters. The van der Waals surface area contributed by atoms with Gasteiger partial charge in [0, 0.05) is 12.1 Å². The molecular formula is C14H20FN3O2. The van der Waals surface area contributed by atoms with Crippen molar-refractivity contribution in [1.82, 2.24) is 5.32 Å². The molecule has 1 aromatic carbocycles. The van der Waals surface area contributed by atoms with E-state index in [9.17, 15) is 9.18 Å². The smallest absolute Gasteiger partial charge is 0.234 e. The van der Waals surface area contributed by atoms with E-state index in [1.807, 2.05) is 0 Å². The van der Waals surface area contributed by atoms with Crippen molar-refractivity contribution in [3.63, 3.8) is 0 Å². The molecule has 1 rings (SSSR count). The first-order valence-electron chi connectivity index (χ1n) is 6.51. The lowest BCUT2D eigenvalue weighted by atomic mass is 9.80. The Bertz CT molecular complexity index is 499. The Labute approximate surface area is 117 Å². The Balaban J connectivity index is 2.86. The summed E-state index contributed by atoms with van der Waals surface area (Å²) in [5.41, 5.74) is 4.96. The number of nitrogens with one attached hydrogen (secondary N) is 1. The lowest BCUT2D eigenvalue weighted by molar-refractivity contribution is -0.128. The summed E-state index contributed by atoms with van der Waals surface area (Å²) in [7, 11) is 0. The van der Waals surface area contributed by atoms with Crippen molar-refractivity contribution in [2.45, 2.75) is 33.2 Å². The summed E-state index contributed by atoms with van der Waals surface area (Å²) in [6, 6.07) is 6.21. The third-order valence-electron chi connectivity index (χ3n) is 3.64. The van der Waals surface area contributed by atoms with Crippen LogP contribution in [0.15, 0.2) is 29.4 Å². The van der Waals surface area contributed by atoms with Gasteiger partial charge in [-0.3, -0.25) is 4.79 Å². The van der Waals surface area contributed by atoms with Gasteiger partial charge in [0.1, 0.15) is 11.2 Å². The molecule has 0 aromatic heterocycles. The number of oxime groups is 1. The fraction of sp³-hybridized carbons (Fsp3) is 0.429. The monoisotopic (exact) mass is 281 g/mol. The number of carbonyl (C=O) groups excluding carboxylic acids is 1. The zero-order chi connectivity index (χ0) is 15.2. The maximum absolute atomic E-state index is 13.5. The number of halogens is 1. The van der Waals surface area contributed by atoms with Crippen LogP contribution < -0.4 is 11.1 Å². The van der Waals surface area contributed by atoms with E-state index >= 15 is 0 Å². The standard InChI is InChI=1S/C14H20FN3O2/c1-3-14(4-2,12(16)18-20)13(19)17-9-10-7-5-6-8-11(10)15/h5-8,20H,3-4,9H2,1-2H3,(H2,16,18)(H,17,19). The maximum atomic E-state index is 13.5. The van der Waals surface area contributed by atoms with Crippen LogP contribution in [0.25, 0.3) is 0 Å². The number of nitrogens with two attached hydrogens (primary N) is 1. The Morgan fingerprint density at radius 1 is 1.40 bits per heavy atom. The van der Waals surface area contributed by atoms with Crippen LogP contribution in [0.3, 0.4) is 0 Å². The second kappa shape index (κ2) is 6.88. The van der Waals surface area contributed by atoms with Crippen molar-refractivity contribution in [2.75, 3.05) is 0 Å². The average Bonchev–Trinajstić information content (AvgIpc) is 2.47. The molecule has 0 heterocycles. The predicted molar refractivity (Wildman–Crippen MR) is 74.7 cm³/mol. The predicted octanol–water partition coefficient (Wildman–Crippen LogP) is 1.99. The molecule has 0 spiro atoms. The molecule has 0 radical (unpaired) electrons. The molecule has 110 valence electrons. The minimum atomic E-state index is -1.07. The minimum absolute atomic E-state index is 0.0615. The molecule has 0 saturated heterocycles. The molecular weight excluding hydrogens is 261 g/mol. The zero-order valence-electron chi connectivity index (χ0n) is 11.7. The summed E-state index contributed by atoms with van der Waals surface area (Å²) < 4.78 is 13.5. The molecule has 4 N–H and O–H groups in total. The number of amidine groups is 1. The number of benzene rings is 1. The first-order valence-corrected chi connectivity index (χ1v) is 6.51. The van der Waals surface area contributed by atoms with E-state index in [1.54, 1.807) is 32.0 Å². The summed E-state index contributed by atoms with van der Waals surface area (Å²) in [6.45, 7) is 3.63. The summed E-state index contributed by atoms with van der Waals surface area (Å²) in [5.74, 6) is -0.884. The van der Waals surface area contributed by atoms with Gasteiger partial charge in [-0.15, -0.1) is 0 Å². The van der Waals surface area contributed by atoms with Gasteiger partial charge in [-0.1, -0.05) is 37.2 Å². The highest BCUT2D eigenvalue weighted by Gasteiger charge is 2.39. The summed E-state index contributed by atoms with van der Waals surface area (Å²) in [5, 5.41) is 14.4. The Morgan fingerprint density at radius 3 is 2.50 bits per heavy atom. The van der Waals surface area contributed by atoms with E-state index in [2.05, 4.69) is 10.5 Å². The van der Waals surface area contributed by atoms with Gasteiger partial charge in [0.2, 0.25) is 5.91 Å². The minimum Gasteiger partial charge on any atom is -0.409 e. The van der Waals surface area contributed by atoms with Crippen molar-refractivity contribution < 1.29 is 14.4 Å². The van der Waals surface area contributed by atoms with Gasteiger partial charge in [-0.2, -0.15) is 0 Å². The largest absolute Gasteiger partial charge is 0.409 e. The van der Waals surface area contributed by atoms with E-state index in [1.165, 1.54) is 6.07 Å². The number of nitrogens with zero attached hydrogens (tertiary/aromatic N) is 1. The Morgan fingerprint density at radius 2 is 2.00 bits per heavy atom. The number of amides is 1. The molecule has 1 aromatic rings. The third-order valence-corrected chi connectivity index (χ3v) is 3.64. The van der Waals surface area contributed by atoms with Crippen LogP contribution in [0.5, 0.6) is 0 Å². The Hall–Kier alpha value is -2.11. The van der Waals surface area contributed by atoms with Crippen molar-refractivity contribution in [1.29, 1.82) is 0 Å². The van der Waals surface area contributed by atoms with Crippen LogP contribution in [-0.2, 0) is 11.3 Å². The normalized spacial score (nSPS) is 12.2. The van der Waals surface area contributed by atoms with E-state index in [4.69, 9.17) is 10.9 Å². The van der Waals surface area contributed by atoms with Gasteiger partial charge in [-0.25, -0.2) is 4.39 Å². The number of carbonyl (C=O) groups is 1. The highest BCUT2D eigenvalue weighted by Crippen LogP contribution is 2.27. The SMILES string of the molecule is CCC(CC)(C(=O)NCc1ccccc1F)C(N)=NO. The lowest BCUT2D eigenvalue weighted by Gasteiger charge is -2.28. The maximum Gasteiger partial charge on any atom is 0.234 e. The number of hydrogen-bond acceptors (Lipinski definition) is 3. The number of hydrogen-bond donors (Lipinski definition) is 3. The van der Waals surface area contributed by atoms with Crippen molar-refractivity contribution in [2.24, 2.45) is 16.3 Å². The highest BCUT2D eigenvalue weighted by molar-refractivity contribution is 6.06. The van der Waals surface area contributed by atoms with Crippen molar-refractivity contribution >= 4 is 11.7 Å². The van der Waals surface area contributed by atoms with Gasteiger partial charge < -0.3 is 16.3 Å². The van der Waals surface area contributed by atoms with E-state index in [0.29, 0.717) is 18.4 Å². The van der Waals surface area contributed by atoms with Crippen molar-refractivity contribution in [3.05, 3.63) is 35.6 Å². The van der Waals surface area contributed by atoms with Crippen LogP contribution in [-0.4, -0.2) is 17.0 Å². The molecule has 0 saturated carbocycles. The molecule has 0 aliphatic rings. The molecule has 0 unspecified atom stereocenters. The quantitative estimate of drug-likeness (QED) is 0.322. The van der Waals surface area contributed by atoms with E-state index in [0.717, 1.165) is 0 Å². The first kappa shape index (κ1) is 15.9. The average molecular weight is 281 g/mol. The fourth-order valence-electron chi connectivity index (χ4n) is 2.13. The third kappa shape index (κ3) is 3.07. The lowest BCUT2D eigenvalue weighted by Crippen LogP contribution is -2.49. The second-order valence-corrected chi connectivity index (χ2v) is 4.55. The molecule has 20 heavy (non-hydrogen) atoms. The van der Waals surface area contributed by atoms with Gasteiger partial charge in [0.25, 0.3) is 0 Å². The fourth-order valence-corrected chi connectivity index (χ4v) is 2.13. The topological polar surface area (TPSA) is 87.7 Å². The molecule has 6 heteroatoms. The molecule has 5 nitrogen and oxygen atoms in total. The van der Waals surface area contributed by atoms with Crippen LogP contribution >= 0.6 is 0 Å². The van der Waals surface area contributed by atoms with Crippen LogP contribution in [0.2, 0.25) is 0 Å². The highest BCUT2D eigenvalue weighted by atomic mass is 19.1. The molecule has 0 aliphatic carbocycles. The summed E-state index contributed by atoms with van der Waals surface area (Å²) in [4.78, 5) is 12.3. The Kier molecular flexibility index (Phi) is 5.49. The zero-order valence-corrected chi connectivity index (χ0v) is 11.7. The summed E-state index contributed by atoms with van der Waals surface area (Å²) >= 11 is 0. The summed E-state index contributed by atoms with van der Waals surface area (Å²) in [6.07, 6.45) is 0.783.